The van der Waals surface area contributed by atoms with Gasteiger partial charge in [0.05, 0.1) is 99.1 Å². The van der Waals surface area contributed by atoms with Crippen LogP contribution in [0.2, 0.25) is 0 Å². The molecule has 48 heavy (non-hydrogen) atoms. The summed E-state index contributed by atoms with van der Waals surface area (Å²) >= 11 is 0. The van der Waals surface area contributed by atoms with Crippen LogP contribution in [-0.4, -0.2) is 174 Å². The molecule has 0 rings (SSSR count). The molecule has 0 aromatic carbocycles. The summed E-state index contributed by atoms with van der Waals surface area (Å²) in [7, 11) is 4.13. The lowest BCUT2D eigenvalue weighted by molar-refractivity contribution is -0.339. The number of unbranched alkanes of at least 4 members (excludes halogenated alkanes) is 4. The Morgan fingerprint density at radius 1 is 0.271 bits per heavy atom. The van der Waals surface area contributed by atoms with Crippen LogP contribution in [0.3, 0.4) is 0 Å². The van der Waals surface area contributed by atoms with Crippen molar-refractivity contribution >= 4 is 7.32 Å². The first-order valence-corrected chi connectivity index (χ1v) is 17.0. The third kappa shape index (κ3) is 41.6. The standard InChI is InChI=1S/C31H65BO16/c1-33-14-17-36-19-21-38-22-23-39-25-26-43-30-41-10-6-4-8-12-44-32(46-28-27-40-24-20-37-18-15-34-2)45-13-9-5-7-11-42-31-48-47-29-16-35-3/h4-31H2,1-3H3. The molecule has 0 heterocycles. The van der Waals surface area contributed by atoms with E-state index in [1.54, 1.807) is 21.3 Å². The van der Waals surface area contributed by atoms with Crippen LogP contribution in [0, 0.1) is 0 Å². The first-order chi connectivity index (χ1) is 23.8. The van der Waals surface area contributed by atoms with Gasteiger partial charge in [0, 0.05) is 47.8 Å². The maximum atomic E-state index is 5.85. The van der Waals surface area contributed by atoms with Gasteiger partial charge in [-0.25, -0.2) is 9.78 Å². The summed E-state index contributed by atoms with van der Waals surface area (Å²) in [6.07, 6.45) is 5.35. The zero-order chi connectivity index (χ0) is 34.7. The van der Waals surface area contributed by atoms with Crippen molar-refractivity contribution in [2.75, 3.05) is 167 Å². The highest BCUT2D eigenvalue weighted by molar-refractivity contribution is 6.36. The van der Waals surface area contributed by atoms with Crippen molar-refractivity contribution in [2.45, 2.75) is 38.5 Å². The summed E-state index contributed by atoms with van der Waals surface area (Å²) in [5.74, 6) is 0. The Bertz CT molecular complexity index is 573. The third-order valence-electron chi connectivity index (χ3n) is 5.96. The molecule has 288 valence electrons. The van der Waals surface area contributed by atoms with Crippen molar-refractivity contribution in [3.8, 4) is 0 Å². The minimum absolute atomic E-state index is 0.0889. The summed E-state index contributed by atoms with van der Waals surface area (Å²) in [5, 5.41) is 0. The van der Waals surface area contributed by atoms with Gasteiger partial charge in [-0.15, -0.1) is 0 Å². The van der Waals surface area contributed by atoms with Crippen molar-refractivity contribution in [1.29, 1.82) is 0 Å². The highest BCUT2D eigenvalue weighted by Gasteiger charge is 2.20. The van der Waals surface area contributed by atoms with Crippen LogP contribution >= 0.6 is 0 Å². The summed E-state index contributed by atoms with van der Waals surface area (Å²) in [6, 6.07) is 0. The van der Waals surface area contributed by atoms with E-state index in [9.17, 15) is 0 Å². The fourth-order valence-corrected chi connectivity index (χ4v) is 3.42. The van der Waals surface area contributed by atoms with E-state index in [0.29, 0.717) is 132 Å². The number of ether oxygens (including phenoxy) is 11. The largest absolute Gasteiger partial charge is 0.639 e. The molecular weight excluding hydrogens is 639 g/mol. The zero-order valence-corrected chi connectivity index (χ0v) is 29.9. The molecule has 0 aliphatic carbocycles. The third-order valence-corrected chi connectivity index (χ3v) is 5.96. The fraction of sp³-hybridized carbons (Fsp3) is 1.00. The maximum Gasteiger partial charge on any atom is 0.639 e. The Hall–Kier alpha value is -0.575. The van der Waals surface area contributed by atoms with Crippen molar-refractivity contribution in [1.82, 2.24) is 0 Å². The first-order valence-electron chi connectivity index (χ1n) is 17.0. The molecule has 0 bridgehead atoms. The molecule has 0 unspecified atom stereocenters. The summed E-state index contributed by atoms with van der Waals surface area (Å²) in [5.41, 5.74) is 0. The van der Waals surface area contributed by atoms with Gasteiger partial charge in [0.1, 0.15) is 13.4 Å². The van der Waals surface area contributed by atoms with Gasteiger partial charge < -0.3 is 66.1 Å². The molecule has 0 N–H and O–H groups in total. The number of hydrogen-bond donors (Lipinski definition) is 0. The minimum Gasteiger partial charge on any atom is -0.386 e. The molecule has 0 spiro atoms. The molecule has 0 atom stereocenters. The van der Waals surface area contributed by atoms with Gasteiger partial charge in [-0.2, -0.15) is 0 Å². The van der Waals surface area contributed by atoms with E-state index in [4.69, 9.17) is 75.8 Å². The Balaban J connectivity index is 3.78. The Labute approximate surface area is 288 Å². The predicted octanol–water partition coefficient (Wildman–Crippen LogP) is 2.30. The number of hydrogen-bond acceptors (Lipinski definition) is 16. The minimum atomic E-state index is -0.751. The first kappa shape index (κ1) is 47.4. The monoisotopic (exact) mass is 704 g/mol. The molecule has 0 aromatic heterocycles. The number of rotatable bonds is 44. The molecule has 16 nitrogen and oxygen atoms in total. The van der Waals surface area contributed by atoms with Crippen LogP contribution in [-0.2, 0) is 75.8 Å². The summed E-state index contributed by atoms with van der Waals surface area (Å²) in [4.78, 5) is 9.77. The maximum absolute atomic E-state index is 5.85. The lowest BCUT2D eigenvalue weighted by Crippen LogP contribution is -2.30. The summed E-state index contributed by atoms with van der Waals surface area (Å²) in [6.45, 7) is 10.5. The molecule has 17 heteroatoms. The van der Waals surface area contributed by atoms with Crippen LogP contribution in [0.5, 0.6) is 0 Å². The van der Waals surface area contributed by atoms with Crippen molar-refractivity contribution in [3.63, 3.8) is 0 Å². The lowest BCUT2D eigenvalue weighted by atomic mass is 10.2. The molecule has 0 radical (unpaired) electrons. The highest BCUT2D eigenvalue weighted by Crippen LogP contribution is 2.03. The van der Waals surface area contributed by atoms with Crippen molar-refractivity contribution in [3.05, 3.63) is 0 Å². The van der Waals surface area contributed by atoms with E-state index in [1.807, 2.05) is 0 Å². The lowest BCUT2D eigenvalue weighted by Gasteiger charge is -2.15. The molecular formula is C31H65BO16. The SMILES string of the molecule is COCCOCCOCCOCCOCOCCCCCOB(OCCCCCOCOOCCOC)OCCOCCOCCOC. The molecule has 0 amide bonds. The predicted molar refractivity (Wildman–Crippen MR) is 176 cm³/mol. The van der Waals surface area contributed by atoms with E-state index in [1.165, 1.54) is 0 Å². The Morgan fingerprint density at radius 3 is 1.12 bits per heavy atom. The Kier molecular flexibility index (Phi) is 43.9. The molecule has 0 fully saturated rings. The van der Waals surface area contributed by atoms with E-state index >= 15 is 0 Å². The molecule has 0 saturated heterocycles. The summed E-state index contributed by atoms with van der Waals surface area (Å²) < 4.78 is 75.6. The van der Waals surface area contributed by atoms with Gasteiger partial charge in [-0.05, 0) is 38.5 Å². The average molecular weight is 705 g/mol. The van der Waals surface area contributed by atoms with E-state index in [0.717, 1.165) is 38.5 Å². The van der Waals surface area contributed by atoms with E-state index < -0.39 is 7.32 Å². The van der Waals surface area contributed by atoms with Gasteiger partial charge in [-0.1, -0.05) is 0 Å². The topological polar surface area (TPSA) is 148 Å². The van der Waals surface area contributed by atoms with Gasteiger partial charge >= 0.3 is 7.32 Å². The molecule has 0 aliphatic rings. The Morgan fingerprint density at radius 2 is 0.625 bits per heavy atom. The number of methoxy groups -OCH3 is 3. The second-order valence-corrected chi connectivity index (χ2v) is 9.96. The molecule has 0 aliphatic heterocycles. The quantitative estimate of drug-likeness (QED) is 0.0300. The van der Waals surface area contributed by atoms with Crippen molar-refractivity contribution < 1.29 is 75.8 Å². The highest BCUT2D eigenvalue weighted by atomic mass is 17.2. The van der Waals surface area contributed by atoms with Crippen LogP contribution in [0.15, 0.2) is 0 Å². The molecule has 0 saturated carbocycles. The zero-order valence-electron chi connectivity index (χ0n) is 29.9. The van der Waals surface area contributed by atoms with Gasteiger partial charge in [-0.3, -0.25) is 0 Å². The van der Waals surface area contributed by atoms with Crippen molar-refractivity contribution in [2.24, 2.45) is 0 Å². The van der Waals surface area contributed by atoms with Gasteiger partial charge in [0.2, 0.25) is 0 Å². The normalized spacial score (nSPS) is 11.6. The van der Waals surface area contributed by atoms with Crippen LogP contribution in [0.25, 0.3) is 0 Å². The van der Waals surface area contributed by atoms with E-state index in [2.05, 4.69) is 0 Å². The van der Waals surface area contributed by atoms with Crippen LogP contribution < -0.4 is 0 Å². The van der Waals surface area contributed by atoms with Gasteiger partial charge in [0.15, 0.2) is 6.79 Å². The van der Waals surface area contributed by atoms with Crippen LogP contribution in [0.1, 0.15) is 38.5 Å². The second kappa shape index (κ2) is 44.4. The van der Waals surface area contributed by atoms with E-state index in [-0.39, 0.29) is 13.6 Å². The second-order valence-electron chi connectivity index (χ2n) is 9.96. The van der Waals surface area contributed by atoms with Crippen LogP contribution in [0.4, 0.5) is 0 Å². The smallest absolute Gasteiger partial charge is 0.386 e. The average Bonchev–Trinajstić information content (AvgIpc) is 3.10. The molecule has 0 aromatic rings. The fourth-order valence-electron chi connectivity index (χ4n) is 3.42. The van der Waals surface area contributed by atoms with Gasteiger partial charge in [0.25, 0.3) is 0 Å².